The van der Waals surface area contributed by atoms with Gasteiger partial charge in [0.25, 0.3) is 0 Å². The van der Waals surface area contributed by atoms with Gasteiger partial charge in [-0.05, 0) is 0 Å². The summed E-state index contributed by atoms with van der Waals surface area (Å²) in [6, 6.07) is 0. The molecule has 0 aliphatic heterocycles. The van der Waals surface area contributed by atoms with Crippen molar-refractivity contribution >= 4 is 0 Å². The molecule has 0 aromatic rings. The SMILES string of the molecule is [Lu+3].[O]=[Mn](=[O])(=[O])[O-].[O]=[Mn](=[O])(=[O])[O-].[O]=[Mn](=[O])(=[O])[O-]. The topological polar surface area (TPSA) is 223 Å². The molecule has 16 heavy (non-hydrogen) atoms. The van der Waals surface area contributed by atoms with Gasteiger partial charge in [0.2, 0.25) is 0 Å². The van der Waals surface area contributed by atoms with Gasteiger partial charge in [0.1, 0.15) is 0 Å². The minimum absolute atomic E-state index is 0. The van der Waals surface area contributed by atoms with Crippen LogP contribution in [0.3, 0.4) is 0 Å². The molecule has 0 aliphatic rings. The van der Waals surface area contributed by atoms with Crippen LogP contribution in [0.5, 0.6) is 0 Å². The summed E-state index contributed by atoms with van der Waals surface area (Å²) in [6.45, 7) is 0. The van der Waals surface area contributed by atoms with Crippen LogP contribution in [0.25, 0.3) is 0 Å². The van der Waals surface area contributed by atoms with Crippen LogP contribution >= 0.6 is 0 Å². The van der Waals surface area contributed by atoms with Gasteiger partial charge in [-0.25, -0.2) is 0 Å². The quantitative estimate of drug-likeness (QED) is 0.269. The van der Waals surface area contributed by atoms with E-state index >= 15 is 0 Å². The average Bonchev–Trinajstić information content (AvgIpc) is 1.41. The maximum absolute atomic E-state index is 8.58. The first-order valence-corrected chi connectivity index (χ1v) is 7.63. The van der Waals surface area contributed by atoms with Crippen molar-refractivity contribution in [3.05, 3.63) is 0 Å². The number of hydrogen-bond acceptors (Lipinski definition) is 12. The van der Waals surface area contributed by atoms with Gasteiger partial charge >= 0.3 is 123 Å². The molecule has 12 nitrogen and oxygen atoms in total. The molecule has 16 heteroatoms. The Balaban J connectivity index is -0.0000000655. The van der Waals surface area contributed by atoms with Crippen molar-refractivity contribution in [1.82, 2.24) is 0 Å². The molecular weight excluding hydrogens is 532 g/mol. The third-order valence-electron chi connectivity index (χ3n) is 0. The van der Waals surface area contributed by atoms with Gasteiger partial charge in [0, 0.05) is 0 Å². The van der Waals surface area contributed by atoms with Crippen molar-refractivity contribution in [3.63, 3.8) is 0 Å². The number of rotatable bonds is 0. The van der Waals surface area contributed by atoms with Gasteiger partial charge in [-0.1, -0.05) is 0 Å². The van der Waals surface area contributed by atoms with Crippen LogP contribution in [0.4, 0.5) is 0 Å². The Kier molecular flexibility index (Phi) is 15.8. The van der Waals surface area contributed by atoms with Crippen LogP contribution in [0.15, 0.2) is 0 Å². The zero-order valence-corrected chi connectivity index (χ0v) is 11.5. The zero-order valence-electron chi connectivity index (χ0n) is 6.29. The predicted octanol–water partition coefficient (Wildman–Crippen LogP) is -4.64. The van der Waals surface area contributed by atoms with Crippen LogP contribution in [-0.4, -0.2) is 0 Å². The molecule has 0 heterocycles. The van der Waals surface area contributed by atoms with Gasteiger partial charge in [-0.2, -0.15) is 0 Å². The second-order valence-corrected chi connectivity index (χ2v) is 4.68. The second kappa shape index (κ2) is 9.86. The van der Waals surface area contributed by atoms with E-state index in [4.69, 9.17) is 47.1 Å². The van der Waals surface area contributed by atoms with Crippen molar-refractivity contribution in [3.8, 4) is 0 Å². The Labute approximate surface area is 121 Å². The maximum atomic E-state index is 8.58. The molecule has 0 aliphatic carbocycles. The number of hydrogen-bond donors (Lipinski definition) is 0. The molecule has 0 aromatic heterocycles. The molecule has 0 bridgehead atoms. The van der Waals surface area contributed by atoms with E-state index in [0.29, 0.717) is 0 Å². The van der Waals surface area contributed by atoms with E-state index in [2.05, 4.69) is 0 Å². The van der Waals surface area contributed by atoms with Crippen LogP contribution in [0.2, 0.25) is 0 Å². The molecule has 0 radical (unpaired) electrons. The normalized spacial score (nSPS) is 10.7. The van der Waals surface area contributed by atoms with Gasteiger partial charge in [0.05, 0.1) is 0 Å². The summed E-state index contributed by atoms with van der Waals surface area (Å²) in [5, 5.41) is 0. The Bertz CT molecular complexity index is 480. The van der Waals surface area contributed by atoms with Gasteiger partial charge < -0.3 is 0 Å². The molecule has 0 rings (SSSR count). The van der Waals surface area contributed by atoms with Crippen molar-refractivity contribution in [2.24, 2.45) is 0 Å². The van der Waals surface area contributed by atoms with E-state index in [1.54, 1.807) is 0 Å². The van der Waals surface area contributed by atoms with E-state index in [9.17, 15) is 0 Å². The van der Waals surface area contributed by atoms with Crippen LogP contribution in [0.1, 0.15) is 0 Å². The second-order valence-electron chi connectivity index (χ2n) is 1.13. The van der Waals surface area contributed by atoms with E-state index < -0.39 is 38.9 Å². The van der Waals surface area contributed by atoms with Crippen molar-refractivity contribution in [2.45, 2.75) is 0 Å². The monoisotopic (exact) mass is 532 g/mol. The Morgan fingerprint density at radius 1 is 0.438 bits per heavy atom. The molecule has 108 valence electrons. The third kappa shape index (κ3) is 3760. The molecule has 0 unspecified atom stereocenters. The fraction of sp³-hybridized carbons (Fsp3) is 0. The summed E-state index contributed by atoms with van der Waals surface area (Å²) >= 11 is -16.9. The first-order valence-electron chi connectivity index (χ1n) is 1.85. The first kappa shape index (κ1) is 25.7. The Morgan fingerprint density at radius 3 is 0.438 bits per heavy atom. The molecular formula is LuMn3O12. The van der Waals surface area contributed by atoms with E-state index in [-0.39, 0.29) is 36.9 Å². The molecule has 0 N–H and O–H groups in total. The van der Waals surface area contributed by atoms with E-state index in [1.807, 2.05) is 0 Å². The molecule has 0 amide bonds. The van der Waals surface area contributed by atoms with Gasteiger partial charge in [0.15, 0.2) is 0 Å². The molecule has 0 spiro atoms. The predicted molar refractivity (Wildman–Crippen MR) is 6.18 cm³/mol. The van der Waals surface area contributed by atoms with Crippen LogP contribution < -0.4 is 12.6 Å². The first-order chi connectivity index (χ1) is 6.00. The van der Waals surface area contributed by atoms with E-state index in [1.165, 1.54) is 0 Å². The zero-order chi connectivity index (χ0) is 13.5. The Morgan fingerprint density at radius 2 is 0.438 bits per heavy atom. The minimum atomic E-state index is -5.62. The summed E-state index contributed by atoms with van der Waals surface area (Å²) in [4.78, 5) is 0. The standard InChI is InChI=1S/Lu.3Mn.12O/q+3;;;;;;;;;;;;;3*-1. The van der Waals surface area contributed by atoms with Crippen LogP contribution in [-0.2, 0) is 73.4 Å². The fourth-order valence-corrected chi connectivity index (χ4v) is 0. The summed E-state index contributed by atoms with van der Waals surface area (Å²) in [7, 11) is 0. The summed E-state index contributed by atoms with van der Waals surface area (Å²) < 4.78 is 103. The average molecular weight is 532 g/mol. The summed E-state index contributed by atoms with van der Waals surface area (Å²) in [5.41, 5.74) is 0. The molecule has 0 saturated heterocycles. The van der Waals surface area contributed by atoms with Gasteiger partial charge in [-0.15, -0.1) is 0 Å². The van der Waals surface area contributed by atoms with Gasteiger partial charge in [-0.3, -0.25) is 0 Å². The molecule has 0 aromatic carbocycles. The van der Waals surface area contributed by atoms with Crippen molar-refractivity contribution in [2.75, 3.05) is 0 Å². The summed E-state index contributed by atoms with van der Waals surface area (Å²) in [6.07, 6.45) is 0. The molecule has 0 atom stereocenters. The van der Waals surface area contributed by atoms with E-state index in [0.717, 1.165) is 0 Å². The summed E-state index contributed by atoms with van der Waals surface area (Å²) in [5.74, 6) is 0. The van der Waals surface area contributed by atoms with Crippen LogP contribution in [0, 0.1) is 36.9 Å². The molecule has 0 saturated carbocycles. The molecule has 0 fully saturated rings. The van der Waals surface area contributed by atoms with Crippen molar-refractivity contribution < 1.29 is 123 Å². The third-order valence-corrected chi connectivity index (χ3v) is 0. The Hall–Kier alpha value is 0.872. The van der Waals surface area contributed by atoms with Crippen molar-refractivity contribution in [1.29, 1.82) is 0 Å². The fourth-order valence-electron chi connectivity index (χ4n) is 0.